The minimum Gasteiger partial charge on any atom is -0.465 e. The van der Waals surface area contributed by atoms with E-state index in [4.69, 9.17) is 4.43 Å². The van der Waals surface area contributed by atoms with Gasteiger partial charge in [-0.25, -0.2) is 9.78 Å². The molecular formula is C34H46N4O4Si. The van der Waals surface area contributed by atoms with Crippen LogP contribution in [0.1, 0.15) is 51.2 Å². The molecule has 4 rings (SSSR count). The Hall–Kier alpha value is -3.53. The first kappa shape index (κ1) is 32.4. The maximum absolute atomic E-state index is 12.9. The Labute approximate surface area is 257 Å². The first-order valence-electron chi connectivity index (χ1n) is 15.1. The van der Waals surface area contributed by atoms with Crippen LogP contribution < -0.4 is 10.2 Å². The third-order valence-corrected chi connectivity index (χ3v) is 13.3. The molecule has 2 aromatic carbocycles. The van der Waals surface area contributed by atoms with Crippen molar-refractivity contribution in [3.05, 3.63) is 78.0 Å². The average Bonchev–Trinajstić information content (AvgIpc) is 2.97. The number of nitrogens with one attached hydrogen (secondary N) is 1. The van der Waals surface area contributed by atoms with E-state index >= 15 is 0 Å². The Morgan fingerprint density at radius 2 is 1.72 bits per heavy atom. The maximum Gasteiger partial charge on any atom is 0.412 e. The number of rotatable bonds is 10. The van der Waals surface area contributed by atoms with Gasteiger partial charge in [0.25, 0.3) is 0 Å². The fraction of sp³-hybridized carbons (Fsp3) is 0.441. The fourth-order valence-corrected chi connectivity index (χ4v) is 5.99. The summed E-state index contributed by atoms with van der Waals surface area (Å²) in [5.41, 5.74) is 4.39. The molecule has 9 heteroatoms. The van der Waals surface area contributed by atoms with Crippen LogP contribution in [0.25, 0.3) is 11.1 Å². The molecule has 2 N–H and O–H groups in total. The second kappa shape index (κ2) is 13.8. The summed E-state index contributed by atoms with van der Waals surface area (Å²) in [6.45, 7) is 13.3. The molecule has 0 atom stereocenters. The molecule has 8 nitrogen and oxygen atoms in total. The standard InChI is InChI=1S/C34H46N4O4Si/c1-34(2,3)43(5,6)42-24-26-13-16-31(35-23-26)36-32(39)17-14-25-12-15-29(27-10-8-7-9-11-27)30(22-25)38(33(40)41)28-18-20-37(4)21-19-28/h7-13,15-16,22-23,28H,14,17-21,24H2,1-6H3,(H,40,41)(H,35,36,39). The van der Waals surface area contributed by atoms with Gasteiger partial charge in [0.15, 0.2) is 8.32 Å². The molecule has 1 aromatic heterocycles. The van der Waals surface area contributed by atoms with Gasteiger partial charge >= 0.3 is 6.09 Å². The molecule has 0 saturated carbocycles. The zero-order valence-corrected chi connectivity index (χ0v) is 27.4. The van der Waals surface area contributed by atoms with Crippen molar-refractivity contribution in [2.45, 2.75) is 77.2 Å². The monoisotopic (exact) mass is 602 g/mol. The van der Waals surface area contributed by atoms with Crippen LogP contribution in [-0.2, 0) is 22.2 Å². The predicted octanol–water partition coefficient (Wildman–Crippen LogP) is 7.42. The molecule has 2 heterocycles. The topological polar surface area (TPSA) is 95.0 Å². The van der Waals surface area contributed by atoms with Crippen LogP contribution >= 0.6 is 0 Å². The van der Waals surface area contributed by atoms with Gasteiger partial charge in [-0.05, 0) is 86.4 Å². The lowest BCUT2D eigenvalue weighted by Gasteiger charge is -2.36. The van der Waals surface area contributed by atoms with Crippen molar-refractivity contribution in [2.24, 2.45) is 0 Å². The summed E-state index contributed by atoms with van der Waals surface area (Å²) in [6, 6.07) is 19.4. The highest BCUT2D eigenvalue weighted by molar-refractivity contribution is 6.74. The molecule has 1 aliphatic rings. The van der Waals surface area contributed by atoms with Crippen molar-refractivity contribution in [3.8, 4) is 11.1 Å². The molecule has 1 saturated heterocycles. The number of nitrogens with zero attached hydrogens (tertiary/aromatic N) is 3. The molecule has 0 bridgehead atoms. The van der Waals surface area contributed by atoms with E-state index in [1.54, 1.807) is 17.2 Å². The Kier molecular flexibility index (Phi) is 10.4. The van der Waals surface area contributed by atoms with Crippen LogP contribution in [0.4, 0.5) is 16.3 Å². The fourth-order valence-electron chi connectivity index (χ4n) is 5.03. The number of benzene rings is 2. The van der Waals surface area contributed by atoms with E-state index in [2.05, 4.69) is 56.1 Å². The van der Waals surface area contributed by atoms with E-state index in [1.165, 1.54) is 0 Å². The van der Waals surface area contributed by atoms with Gasteiger partial charge in [0.1, 0.15) is 5.82 Å². The summed E-state index contributed by atoms with van der Waals surface area (Å²) in [7, 11) is 0.207. The van der Waals surface area contributed by atoms with Gasteiger partial charge in [0.05, 0.1) is 12.3 Å². The molecular weight excluding hydrogens is 556 g/mol. The summed E-state index contributed by atoms with van der Waals surface area (Å²) in [5.74, 6) is 0.359. The molecule has 1 aliphatic heterocycles. The number of likely N-dealkylation sites (tertiary alicyclic amines) is 1. The summed E-state index contributed by atoms with van der Waals surface area (Å²) in [5, 5.41) is 13.4. The lowest BCUT2D eigenvalue weighted by atomic mass is 9.96. The second-order valence-corrected chi connectivity index (χ2v) is 17.9. The highest BCUT2D eigenvalue weighted by Crippen LogP contribution is 2.37. The Morgan fingerprint density at radius 1 is 1.05 bits per heavy atom. The highest BCUT2D eigenvalue weighted by Gasteiger charge is 2.37. The van der Waals surface area contributed by atoms with E-state index in [0.717, 1.165) is 48.2 Å². The van der Waals surface area contributed by atoms with Crippen molar-refractivity contribution >= 4 is 31.8 Å². The van der Waals surface area contributed by atoms with Crippen LogP contribution in [0.5, 0.6) is 0 Å². The molecule has 1 fully saturated rings. The van der Waals surface area contributed by atoms with Crippen LogP contribution in [0, 0.1) is 0 Å². The van der Waals surface area contributed by atoms with Gasteiger partial charge in [-0.1, -0.05) is 69.3 Å². The number of carbonyl (C=O) groups excluding carboxylic acids is 1. The molecule has 0 radical (unpaired) electrons. The number of anilines is 2. The zero-order valence-electron chi connectivity index (χ0n) is 26.4. The maximum atomic E-state index is 12.9. The van der Waals surface area contributed by atoms with Crippen molar-refractivity contribution in [2.75, 3.05) is 30.4 Å². The lowest BCUT2D eigenvalue weighted by molar-refractivity contribution is -0.116. The number of carbonyl (C=O) groups is 2. The second-order valence-electron chi connectivity index (χ2n) is 13.1. The number of piperidine rings is 1. The number of amides is 2. The van der Waals surface area contributed by atoms with E-state index < -0.39 is 14.4 Å². The van der Waals surface area contributed by atoms with E-state index in [9.17, 15) is 14.7 Å². The minimum absolute atomic E-state index is 0.101. The van der Waals surface area contributed by atoms with Gasteiger partial charge in [0.2, 0.25) is 5.91 Å². The number of carboxylic acid groups (broad SMARTS) is 1. The lowest BCUT2D eigenvalue weighted by Crippen LogP contribution is -2.46. The van der Waals surface area contributed by atoms with Gasteiger partial charge in [-0.3, -0.25) is 9.69 Å². The number of hydrogen-bond donors (Lipinski definition) is 2. The van der Waals surface area contributed by atoms with Gasteiger partial charge < -0.3 is 19.7 Å². The Morgan fingerprint density at radius 3 is 2.33 bits per heavy atom. The minimum atomic E-state index is -1.86. The number of aromatic nitrogens is 1. The van der Waals surface area contributed by atoms with Crippen molar-refractivity contribution < 1.29 is 19.1 Å². The summed E-state index contributed by atoms with van der Waals surface area (Å²) in [4.78, 5) is 33.7. The smallest absolute Gasteiger partial charge is 0.412 e. The number of aryl methyl sites for hydroxylation is 1. The molecule has 0 aliphatic carbocycles. The molecule has 3 aromatic rings. The van der Waals surface area contributed by atoms with Crippen LogP contribution in [-0.4, -0.2) is 61.5 Å². The first-order chi connectivity index (χ1) is 20.3. The summed E-state index contributed by atoms with van der Waals surface area (Å²) < 4.78 is 6.28. The molecule has 2 amide bonds. The SMILES string of the molecule is CN1CCC(N(C(=O)O)c2cc(CCC(=O)Nc3ccc(CO[Si](C)(C)C(C)(C)C)cn3)ccc2-c2ccccc2)CC1. The highest BCUT2D eigenvalue weighted by atomic mass is 28.4. The average molecular weight is 603 g/mol. The molecule has 0 spiro atoms. The van der Waals surface area contributed by atoms with Crippen molar-refractivity contribution in [3.63, 3.8) is 0 Å². The van der Waals surface area contributed by atoms with E-state index in [-0.39, 0.29) is 23.4 Å². The van der Waals surface area contributed by atoms with Crippen LogP contribution in [0.15, 0.2) is 66.9 Å². The van der Waals surface area contributed by atoms with Gasteiger partial charge in [-0.15, -0.1) is 0 Å². The van der Waals surface area contributed by atoms with Crippen LogP contribution in [0.2, 0.25) is 18.1 Å². The Balaban J connectivity index is 1.44. The van der Waals surface area contributed by atoms with Crippen molar-refractivity contribution in [1.82, 2.24) is 9.88 Å². The molecule has 230 valence electrons. The van der Waals surface area contributed by atoms with Gasteiger partial charge in [0, 0.05) is 24.2 Å². The molecule has 0 unspecified atom stereocenters. The van der Waals surface area contributed by atoms with E-state index in [1.807, 2.05) is 54.6 Å². The zero-order chi connectivity index (χ0) is 31.2. The Bertz CT molecular complexity index is 1380. The van der Waals surface area contributed by atoms with Crippen molar-refractivity contribution in [1.29, 1.82) is 0 Å². The van der Waals surface area contributed by atoms with Gasteiger partial charge in [-0.2, -0.15) is 0 Å². The number of hydrogen-bond acceptors (Lipinski definition) is 5. The summed E-state index contributed by atoms with van der Waals surface area (Å²) >= 11 is 0. The van der Waals surface area contributed by atoms with Crippen LogP contribution in [0.3, 0.4) is 0 Å². The predicted molar refractivity (Wildman–Crippen MR) is 176 cm³/mol. The first-order valence-corrected chi connectivity index (χ1v) is 18.0. The third-order valence-electron chi connectivity index (χ3n) is 8.80. The van der Waals surface area contributed by atoms with E-state index in [0.29, 0.717) is 24.5 Å². The number of pyridine rings is 1. The molecule has 43 heavy (non-hydrogen) atoms. The third kappa shape index (κ3) is 8.52. The normalized spacial score (nSPS) is 14.8. The largest absolute Gasteiger partial charge is 0.465 e. The quantitative estimate of drug-likeness (QED) is 0.235. The summed E-state index contributed by atoms with van der Waals surface area (Å²) in [6.07, 6.45) is 3.08.